The van der Waals surface area contributed by atoms with Crippen molar-refractivity contribution >= 4 is 5.97 Å². The lowest BCUT2D eigenvalue weighted by atomic mass is 10.0. The second-order valence-electron chi connectivity index (χ2n) is 3.34. The molecule has 82 valence electrons. The summed E-state index contributed by atoms with van der Waals surface area (Å²) in [6.07, 6.45) is 0.160. The van der Waals surface area contributed by atoms with Gasteiger partial charge in [0.15, 0.2) is 0 Å². The van der Waals surface area contributed by atoms with Gasteiger partial charge in [-0.05, 0) is 24.1 Å². The molecule has 0 radical (unpaired) electrons. The molecule has 0 aliphatic heterocycles. The SMILES string of the molecule is Cc1cc(CC(NO)C(=O)O)ccc1O. The summed E-state index contributed by atoms with van der Waals surface area (Å²) in [6, 6.07) is 3.77. The number of carboxylic acids is 1. The molecule has 0 amide bonds. The normalized spacial score (nSPS) is 12.4. The maximum atomic E-state index is 10.6. The highest BCUT2D eigenvalue weighted by atomic mass is 16.5. The monoisotopic (exact) mass is 211 g/mol. The molecule has 5 nitrogen and oxygen atoms in total. The Hall–Kier alpha value is -1.59. The van der Waals surface area contributed by atoms with Crippen LogP contribution in [0.1, 0.15) is 11.1 Å². The van der Waals surface area contributed by atoms with Crippen molar-refractivity contribution in [2.45, 2.75) is 19.4 Å². The Morgan fingerprint density at radius 3 is 2.67 bits per heavy atom. The Labute approximate surface area is 86.9 Å². The molecule has 0 saturated carbocycles. The van der Waals surface area contributed by atoms with E-state index in [0.29, 0.717) is 5.56 Å². The second-order valence-corrected chi connectivity index (χ2v) is 3.34. The summed E-state index contributed by atoms with van der Waals surface area (Å²) in [5.41, 5.74) is 3.13. The van der Waals surface area contributed by atoms with Crippen LogP contribution in [-0.4, -0.2) is 27.4 Å². The van der Waals surface area contributed by atoms with Gasteiger partial charge in [-0.15, -0.1) is 0 Å². The smallest absolute Gasteiger partial charge is 0.323 e. The number of hydrogen-bond donors (Lipinski definition) is 4. The first-order valence-electron chi connectivity index (χ1n) is 4.45. The van der Waals surface area contributed by atoms with Crippen LogP contribution >= 0.6 is 0 Å². The van der Waals surface area contributed by atoms with E-state index >= 15 is 0 Å². The number of nitrogens with one attached hydrogen (secondary N) is 1. The van der Waals surface area contributed by atoms with Gasteiger partial charge < -0.3 is 15.4 Å². The number of aromatic hydroxyl groups is 1. The molecule has 0 aliphatic rings. The van der Waals surface area contributed by atoms with E-state index in [9.17, 15) is 9.90 Å². The summed E-state index contributed by atoms with van der Waals surface area (Å²) >= 11 is 0. The van der Waals surface area contributed by atoms with Gasteiger partial charge in [-0.1, -0.05) is 12.1 Å². The molecule has 5 heteroatoms. The Kier molecular flexibility index (Phi) is 3.65. The number of phenolic OH excluding ortho intramolecular Hbond substituents is 1. The van der Waals surface area contributed by atoms with Crippen LogP contribution in [-0.2, 0) is 11.2 Å². The number of carboxylic acid groups (broad SMARTS) is 1. The minimum absolute atomic E-state index is 0.160. The minimum atomic E-state index is -1.12. The minimum Gasteiger partial charge on any atom is -0.508 e. The highest BCUT2D eigenvalue weighted by Gasteiger charge is 2.16. The Balaban J connectivity index is 2.80. The molecule has 0 saturated heterocycles. The molecule has 0 fully saturated rings. The van der Waals surface area contributed by atoms with Crippen LogP contribution in [0.2, 0.25) is 0 Å². The number of hydroxylamine groups is 1. The zero-order valence-electron chi connectivity index (χ0n) is 8.27. The van der Waals surface area contributed by atoms with Gasteiger partial charge >= 0.3 is 5.97 Å². The highest BCUT2D eigenvalue weighted by molar-refractivity contribution is 5.73. The summed E-state index contributed by atoms with van der Waals surface area (Å²) < 4.78 is 0. The highest BCUT2D eigenvalue weighted by Crippen LogP contribution is 2.17. The average molecular weight is 211 g/mol. The number of phenols is 1. The van der Waals surface area contributed by atoms with Gasteiger partial charge in [-0.25, -0.2) is 0 Å². The molecule has 0 heterocycles. The number of carbonyl (C=O) groups is 1. The molecule has 1 atom stereocenters. The van der Waals surface area contributed by atoms with Crippen molar-refractivity contribution in [1.29, 1.82) is 0 Å². The summed E-state index contributed by atoms with van der Waals surface area (Å²) in [5, 5.41) is 26.6. The number of rotatable bonds is 4. The van der Waals surface area contributed by atoms with Crippen LogP contribution in [0.5, 0.6) is 5.75 Å². The fraction of sp³-hybridized carbons (Fsp3) is 0.300. The molecule has 0 bridgehead atoms. The molecule has 0 aliphatic carbocycles. The van der Waals surface area contributed by atoms with Crippen molar-refractivity contribution in [3.05, 3.63) is 29.3 Å². The van der Waals surface area contributed by atoms with Gasteiger partial charge in [0.25, 0.3) is 0 Å². The van der Waals surface area contributed by atoms with E-state index in [4.69, 9.17) is 10.3 Å². The molecule has 1 aromatic carbocycles. The van der Waals surface area contributed by atoms with Crippen molar-refractivity contribution in [3.8, 4) is 5.75 Å². The van der Waals surface area contributed by atoms with Gasteiger partial charge in [-0.2, -0.15) is 5.48 Å². The lowest BCUT2D eigenvalue weighted by Crippen LogP contribution is -2.36. The van der Waals surface area contributed by atoms with Crippen LogP contribution in [0, 0.1) is 6.92 Å². The predicted octanol–water partition coefficient (Wildman–Crippen LogP) is 0.675. The Morgan fingerprint density at radius 1 is 1.53 bits per heavy atom. The predicted molar refractivity (Wildman–Crippen MR) is 52.9 cm³/mol. The number of benzene rings is 1. The summed E-state index contributed by atoms with van der Waals surface area (Å²) in [6.45, 7) is 1.72. The topological polar surface area (TPSA) is 89.8 Å². The summed E-state index contributed by atoms with van der Waals surface area (Å²) in [4.78, 5) is 10.6. The molecule has 0 aromatic heterocycles. The lowest BCUT2D eigenvalue weighted by Gasteiger charge is -2.10. The maximum absolute atomic E-state index is 10.6. The zero-order valence-corrected chi connectivity index (χ0v) is 8.27. The second kappa shape index (κ2) is 4.77. The molecule has 0 spiro atoms. The van der Waals surface area contributed by atoms with Crippen LogP contribution in [0.3, 0.4) is 0 Å². The third-order valence-electron chi connectivity index (χ3n) is 2.15. The largest absolute Gasteiger partial charge is 0.508 e. The van der Waals surface area contributed by atoms with Gasteiger partial charge in [0.1, 0.15) is 11.8 Å². The first kappa shape index (κ1) is 11.5. The fourth-order valence-corrected chi connectivity index (χ4v) is 1.27. The summed E-state index contributed by atoms with van der Waals surface area (Å²) in [7, 11) is 0. The van der Waals surface area contributed by atoms with Crippen molar-refractivity contribution in [1.82, 2.24) is 5.48 Å². The van der Waals surface area contributed by atoms with E-state index in [1.54, 1.807) is 24.5 Å². The van der Waals surface area contributed by atoms with E-state index in [2.05, 4.69) is 0 Å². The molecule has 1 unspecified atom stereocenters. The maximum Gasteiger partial charge on any atom is 0.323 e. The first-order chi connectivity index (χ1) is 7.04. The number of aliphatic carboxylic acids is 1. The van der Waals surface area contributed by atoms with Crippen molar-refractivity contribution < 1.29 is 20.2 Å². The van der Waals surface area contributed by atoms with Crippen LogP contribution in [0.25, 0.3) is 0 Å². The van der Waals surface area contributed by atoms with E-state index < -0.39 is 12.0 Å². The molecule has 15 heavy (non-hydrogen) atoms. The van der Waals surface area contributed by atoms with Crippen molar-refractivity contribution in [2.24, 2.45) is 0 Å². The Morgan fingerprint density at radius 2 is 2.20 bits per heavy atom. The molecular weight excluding hydrogens is 198 g/mol. The van der Waals surface area contributed by atoms with Crippen LogP contribution in [0.4, 0.5) is 0 Å². The van der Waals surface area contributed by atoms with Gasteiger partial charge in [0.2, 0.25) is 0 Å². The lowest BCUT2D eigenvalue weighted by molar-refractivity contribution is -0.142. The van der Waals surface area contributed by atoms with Crippen LogP contribution < -0.4 is 5.48 Å². The first-order valence-corrected chi connectivity index (χ1v) is 4.45. The van der Waals surface area contributed by atoms with Gasteiger partial charge in [0.05, 0.1) is 0 Å². The van der Waals surface area contributed by atoms with Crippen molar-refractivity contribution in [3.63, 3.8) is 0 Å². The molecular formula is C10H13NO4. The average Bonchev–Trinajstić information content (AvgIpc) is 2.19. The quantitative estimate of drug-likeness (QED) is 0.550. The van der Waals surface area contributed by atoms with E-state index in [0.717, 1.165) is 5.56 Å². The third-order valence-corrected chi connectivity index (χ3v) is 2.15. The van der Waals surface area contributed by atoms with Gasteiger partial charge in [-0.3, -0.25) is 4.79 Å². The molecule has 4 N–H and O–H groups in total. The van der Waals surface area contributed by atoms with Gasteiger partial charge in [0, 0.05) is 6.42 Å². The standard InChI is InChI=1S/C10H13NO4/c1-6-4-7(2-3-9(6)12)5-8(11-15)10(13)14/h2-4,8,11-12,15H,5H2,1H3,(H,13,14). The number of aryl methyl sites for hydroxylation is 1. The third kappa shape index (κ3) is 2.93. The zero-order chi connectivity index (χ0) is 11.4. The Bertz CT molecular complexity index is 364. The van der Waals surface area contributed by atoms with Crippen LogP contribution in [0.15, 0.2) is 18.2 Å². The van der Waals surface area contributed by atoms with E-state index in [-0.39, 0.29) is 12.2 Å². The number of hydrogen-bond acceptors (Lipinski definition) is 4. The van der Waals surface area contributed by atoms with E-state index in [1.807, 2.05) is 0 Å². The summed E-state index contributed by atoms with van der Waals surface area (Å²) in [5.74, 6) is -0.953. The van der Waals surface area contributed by atoms with Crippen molar-refractivity contribution in [2.75, 3.05) is 0 Å². The fourth-order valence-electron chi connectivity index (χ4n) is 1.27. The van der Waals surface area contributed by atoms with E-state index in [1.165, 1.54) is 6.07 Å². The molecule has 1 aromatic rings. The molecule has 1 rings (SSSR count).